The van der Waals surface area contributed by atoms with Crippen LogP contribution in [0.15, 0.2) is 11.8 Å². The van der Waals surface area contributed by atoms with Gasteiger partial charge in [-0.1, -0.05) is 6.08 Å². The smallest absolute Gasteiger partial charge is 0.317 e. The molecule has 0 heterocycles. The van der Waals surface area contributed by atoms with Gasteiger partial charge >= 0.3 is 5.97 Å². The molecule has 5 nitrogen and oxygen atoms in total. The molecule has 0 atom stereocenters. The molecule has 0 aliphatic heterocycles. The quantitative estimate of drug-likeness (QED) is 0.757. The molecule has 0 radical (unpaired) electrons. The lowest BCUT2D eigenvalue weighted by molar-refractivity contribution is -0.139. The fraction of sp³-hybridized carbons (Fsp3) is 0.714. The Balaban J connectivity index is 1.94. The summed E-state index contributed by atoms with van der Waals surface area (Å²) in [4.78, 5) is 26.8. The maximum Gasteiger partial charge on any atom is 0.317 e. The first-order chi connectivity index (χ1) is 9.11. The summed E-state index contributed by atoms with van der Waals surface area (Å²) in [6.07, 6.45) is 7.26. The fourth-order valence-corrected chi connectivity index (χ4v) is 2.63. The molecule has 2 aliphatic rings. The highest BCUT2D eigenvalue weighted by molar-refractivity contribution is 5.81. The monoisotopic (exact) mass is 266 g/mol. The molecule has 1 saturated carbocycles. The Morgan fingerprint density at radius 3 is 2.58 bits per heavy atom. The van der Waals surface area contributed by atoms with E-state index in [0.29, 0.717) is 6.54 Å². The van der Waals surface area contributed by atoms with Crippen molar-refractivity contribution in [1.82, 2.24) is 9.80 Å². The summed E-state index contributed by atoms with van der Waals surface area (Å²) < 4.78 is 0. The Morgan fingerprint density at radius 2 is 2.11 bits per heavy atom. The molecule has 5 heteroatoms. The molecule has 0 aromatic rings. The van der Waals surface area contributed by atoms with Gasteiger partial charge in [0.15, 0.2) is 0 Å². The number of carbonyl (C=O) groups excluding carboxylic acids is 1. The number of hydrogen-bond acceptors (Lipinski definition) is 3. The SMILES string of the molecule is CCN(C(=O)CN(CC(=O)O)C1CC1)C1=CCCC1. The van der Waals surface area contributed by atoms with E-state index in [9.17, 15) is 9.59 Å². The Bertz CT molecular complexity index is 388. The van der Waals surface area contributed by atoms with E-state index in [1.807, 2.05) is 11.8 Å². The van der Waals surface area contributed by atoms with Crippen molar-refractivity contribution in [2.75, 3.05) is 19.6 Å². The number of allylic oxidation sites excluding steroid dienone is 2. The third-order valence-corrected chi connectivity index (χ3v) is 3.72. The number of amides is 1. The van der Waals surface area contributed by atoms with Gasteiger partial charge in [-0.15, -0.1) is 0 Å². The number of carbonyl (C=O) groups is 2. The third-order valence-electron chi connectivity index (χ3n) is 3.72. The van der Waals surface area contributed by atoms with Gasteiger partial charge in [0.1, 0.15) is 0 Å². The fourth-order valence-electron chi connectivity index (χ4n) is 2.63. The van der Waals surface area contributed by atoms with Crippen LogP contribution in [0.3, 0.4) is 0 Å². The molecular formula is C14H22N2O3. The van der Waals surface area contributed by atoms with Gasteiger partial charge in [-0.25, -0.2) is 0 Å². The molecule has 0 aromatic heterocycles. The van der Waals surface area contributed by atoms with Gasteiger partial charge in [0.25, 0.3) is 0 Å². The number of rotatable bonds is 7. The van der Waals surface area contributed by atoms with E-state index in [4.69, 9.17) is 5.11 Å². The number of nitrogens with zero attached hydrogens (tertiary/aromatic N) is 2. The lowest BCUT2D eigenvalue weighted by Crippen LogP contribution is -2.42. The average Bonchev–Trinajstić information content (AvgIpc) is 3.07. The zero-order valence-corrected chi connectivity index (χ0v) is 11.5. The van der Waals surface area contributed by atoms with Crippen molar-refractivity contribution in [3.63, 3.8) is 0 Å². The van der Waals surface area contributed by atoms with Crippen molar-refractivity contribution in [3.8, 4) is 0 Å². The Kier molecular flexibility index (Phi) is 4.58. The zero-order valence-electron chi connectivity index (χ0n) is 11.5. The molecule has 0 aromatic carbocycles. The normalized spacial score (nSPS) is 18.5. The molecular weight excluding hydrogens is 244 g/mol. The van der Waals surface area contributed by atoms with Gasteiger partial charge in [0.2, 0.25) is 5.91 Å². The molecule has 0 unspecified atom stereocenters. The van der Waals surface area contributed by atoms with Gasteiger partial charge in [0, 0.05) is 18.3 Å². The second kappa shape index (κ2) is 6.19. The maximum atomic E-state index is 12.3. The highest BCUT2D eigenvalue weighted by Crippen LogP contribution is 2.27. The van der Waals surface area contributed by atoms with Crippen LogP contribution < -0.4 is 0 Å². The lowest BCUT2D eigenvalue weighted by atomic mass is 10.3. The number of carboxylic acid groups (broad SMARTS) is 1. The summed E-state index contributed by atoms with van der Waals surface area (Å²) >= 11 is 0. The number of hydrogen-bond donors (Lipinski definition) is 1. The van der Waals surface area contributed by atoms with Crippen molar-refractivity contribution in [1.29, 1.82) is 0 Å². The minimum Gasteiger partial charge on any atom is -0.480 e. The average molecular weight is 266 g/mol. The predicted molar refractivity (Wildman–Crippen MR) is 71.6 cm³/mol. The van der Waals surface area contributed by atoms with Crippen molar-refractivity contribution < 1.29 is 14.7 Å². The summed E-state index contributed by atoms with van der Waals surface area (Å²) in [6.45, 7) is 2.82. The molecule has 1 fully saturated rings. The zero-order chi connectivity index (χ0) is 13.8. The van der Waals surface area contributed by atoms with Gasteiger partial charge in [0.05, 0.1) is 13.1 Å². The van der Waals surface area contributed by atoms with Crippen molar-refractivity contribution in [2.24, 2.45) is 0 Å². The van der Waals surface area contributed by atoms with Gasteiger partial charge in [-0.2, -0.15) is 0 Å². The lowest BCUT2D eigenvalue weighted by Gasteiger charge is -2.26. The largest absolute Gasteiger partial charge is 0.480 e. The molecule has 0 spiro atoms. The Hall–Kier alpha value is -1.36. The third kappa shape index (κ3) is 3.80. The topological polar surface area (TPSA) is 60.9 Å². The second-order valence-corrected chi connectivity index (χ2v) is 5.26. The summed E-state index contributed by atoms with van der Waals surface area (Å²) in [7, 11) is 0. The predicted octanol–water partition coefficient (Wildman–Crippen LogP) is 1.45. The molecule has 1 N–H and O–H groups in total. The molecule has 0 saturated heterocycles. The first-order valence-electron chi connectivity index (χ1n) is 7.07. The minimum atomic E-state index is -0.858. The van der Waals surface area contributed by atoms with E-state index in [2.05, 4.69) is 6.08 Å². The van der Waals surface area contributed by atoms with E-state index in [-0.39, 0.29) is 25.0 Å². The van der Waals surface area contributed by atoms with Crippen LogP contribution in [0.5, 0.6) is 0 Å². The Morgan fingerprint density at radius 1 is 1.37 bits per heavy atom. The summed E-state index contributed by atoms with van der Waals surface area (Å²) in [5, 5.41) is 8.90. The van der Waals surface area contributed by atoms with Gasteiger partial charge < -0.3 is 10.0 Å². The van der Waals surface area contributed by atoms with Crippen molar-refractivity contribution in [3.05, 3.63) is 11.8 Å². The summed E-state index contributed by atoms with van der Waals surface area (Å²) in [6, 6.07) is 0.288. The number of carboxylic acids is 1. The van der Waals surface area contributed by atoms with Crippen LogP contribution in [0.25, 0.3) is 0 Å². The van der Waals surface area contributed by atoms with Gasteiger partial charge in [-0.05, 0) is 39.0 Å². The molecule has 0 bridgehead atoms. The van der Waals surface area contributed by atoms with E-state index >= 15 is 0 Å². The first kappa shape index (κ1) is 14.1. The van der Waals surface area contributed by atoms with Crippen LogP contribution >= 0.6 is 0 Å². The molecule has 2 rings (SSSR count). The first-order valence-corrected chi connectivity index (χ1v) is 7.07. The van der Waals surface area contributed by atoms with Gasteiger partial charge in [-0.3, -0.25) is 14.5 Å². The second-order valence-electron chi connectivity index (χ2n) is 5.26. The minimum absolute atomic E-state index is 0.0313. The highest BCUT2D eigenvalue weighted by atomic mass is 16.4. The number of likely N-dealkylation sites (N-methyl/N-ethyl adjacent to an activating group) is 1. The van der Waals surface area contributed by atoms with E-state index in [1.165, 1.54) is 0 Å². The van der Waals surface area contributed by atoms with Crippen LogP contribution in [0.2, 0.25) is 0 Å². The van der Waals surface area contributed by atoms with E-state index in [0.717, 1.165) is 37.8 Å². The van der Waals surface area contributed by atoms with Crippen LogP contribution in [-0.4, -0.2) is 52.5 Å². The molecule has 2 aliphatic carbocycles. The van der Waals surface area contributed by atoms with Crippen LogP contribution in [0, 0.1) is 0 Å². The summed E-state index contributed by atoms with van der Waals surface area (Å²) in [5.41, 5.74) is 1.11. The van der Waals surface area contributed by atoms with E-state index < -0.39 is 5.97 Å². The molecule has 19 heavy (non-hydrogen) atoms. The maximum absolute atomic E-state index is 12.3. The van der Waals surface area contributed by atoms with Crippen LogP contribution in [0.4, 0.5) is 0 Å². The van der Waals surface area contributed by atoms with Crippen molar-refractivity contribution >= 4 is 11.9 Å². The van der Waals surface area contributed by atoms with Crippen molar-refractivity contribution in [2.45, 2.75) is 45.1 Å². The van der Waals surface area contributed by atoms with Crippen LogP contribution in [0.1, 0.15) is 39.0 Å². The number of aliphatic carboxylic acids is 1. The molecule has 106 valence electrons. The Labute approximate surface area is 113 Å². The van der Waals surface area contributed by atoms with E-state index in [1.54, 1.807) is 4.90 Å². The molecule has 1 amide bonds. The van der Waals surface area contributed by atoms with Crippen LogP contribution in [-0.2, 0) is 9.59 Å². The highest BCUT2D eigenvalue weighted by Gasteiger charge is 2.32. The summed E-state index contributed by atoms with van der Waals surface area (Å²) in [5.74, 6) is -0.827. The standard InChI is InChI=1S/C14H22N2O3/c1-2-16(12-5-3-4-6-12)13(17)9-15(10-14(18)19)11-7-8-11/h5,11H,2-4,6-10H2,1H3,(H,18,19).